The van der Waals surface area contributed by atoms with Crippen molar-refractivity contribution in [1.29, 1.82) is 0 Å². The van der Waals surface area contributed by atoms with Gasteiger partial charge >= 0.3 is 0 Å². The highest BCUT2D eigenvalue weighted by Crippen LogP contribution is 2.28. The van der Waals surface area contributed by atoms with Crippen LogP contribution in [0, 0.1) is 5.92 Å². The lowest BCUT2D eigenvalue weighted by molar-refractivity contribution is 0.107. The number of nitrogen functional groups attached to an aromatic ring is 1. The number of aromatic nitrogens is 1. The molecule has 1 saturated heterocycles. The maximum absolute atomic E-state index is 5.71. The fraction of sp³-hybridized carbons (Fsp3) is 0.706. The molecule has 2 N–H and O–H groups in total. The molecule has 4 nitrogen and oxygen atoms in total. The molecule has 1 aliphatic heterocycles. The molecule has 0 aromatic carbocycles. The van der Waals surface area contributed by atoms with Crippen LogP contribution in [-0.2, 0) is 0 Å². The van der Waals surface area contributed by atoms with Crippen LogP contribution in [0.15, 0.2) is 18.3 Å². The molecule has 1 aliphatic carbocycles. The van der Waals surface area contributed by atoms with Gasteiger partial charge in [-0.25, -0.2) is 4.98 Å². The summed E-state index contributed by atoms with van der Waals surface area (Å²) in [4.78, 5) is 9.56. The van der Waals surface area contributed by atoms with Gasteiger partial charge in [0.05, 0.1) is 11.9 Å². The van der Waals surface area contributed by atoms with Gasteiger partial charge in [0.25, 0.3) is 0 Å². The number of rotatable bonds is 5. The van der Waals surface area contributed by atoms with Gasteiger partial charge in [-0.3, -0.25) is 0 Å². The van der Waals surface area contributed by atoms with Gasteiger partial charge in [-0.1, -0.05) is 13.3 Å². The summed E-state index contributed by atoms with van der Waals surface area (Å²) in [7, 11) is 0. The van der Waals surface area contributed by atoms with Gasteiger partial charge in [-0.15, -0.1) is 0 Å². The number of hydrogen-bond acceptors (Lipinski definition) is 4. The maximum atomic E-state index is 5.71. The Kier molecular flexibility index (Phi) is 4.63. The van der Waals surface area contributed by atoms with Crippen LogP contribution in [0.25, 0.3) is 0 Å². The normalized spacial score (nSPS) is 20.8. The molecule has 4 heteroatoms. The van der Waals surface area contributed by atoms with Crippen molar-refractivity contribution in [1.82, 2.24) is 9.88 Å². The Morgan fingerprint density at radius 1 is 1.24 bits per heavy atom. The molecule has 1 saturated carbocycles. The monoisotopic (exact) mass is 288 g/mol. The van der Waals surface area contributed by atoms with Gasteiger partial charge in [0.2, 0.25) is 0 Å². The minimum atomic E-state index is 0.743. The molecule has 0 bridgehead atoms. The zero-order valence-corrected chi connectivity index (χ0v) is 13.2. The third-order valence-electron chi connectivity index (χ3n) is 5.20. The summed E-state index contributed by atoms with van der Waals surface area (Å²) >= 11 is 0. The molecule has 0 atom stereocenters. The minimum absolute atomic E-state index is 0.743. The van der Waals surface area contributed by atoms with Gasteiger partial charge in [0, 0.05) is 25.7 Å². The summed E-state index contributed by atoms with van der Waals surface area (Å²) in [6.07, 6.45) is 8.61. The fourth-order valence-corrected chi connectivity index (χ4v) is 3.55. The Hall–Kier alpha value is -1.29. The van der Waals surface area contributed by atoms with Gasteiger partial charge in [0.15, 0.2) is 0 Å². The van der Waals surface area contributed by atoms with Crippen LogP contribution in [-0.4, -0.2) is 42.1 Å². The summed E-state index contributed by atoms with van der Waals surface area (Å²) in [5.41, 5.74) is 6.45. The van der Waals surface area contributed by atoms with E-state index >= 15 is 0 Å². The van der Waals surface area contributed by atoms with Crippen molar-refractivity contribution >= 4 is 11.5 Å². The number of pyridine rings is 1. The largest absolute Gasteiger partial charge is 0.397 e. The molecule has 3 rings (SSSR count). The van der Waals surface area contributed by atoms with E-state index in [0.29, 0.717) is 0 Å². The lowest BCUT2D eigenvalue weighted by Gasteiger charge is -2.41. The number of nitrogens with two attached hydrogens (primary N) is 1. The molecule has 2 heterocycles. The highest BCUT2D eigenvalue weighted by Gasteiger charge is 2.27. The molecule has 0 amide bonds. The fourth-order valence-electron chi connectivity index (χ4n) is 3.55. The van der Waals surface area contributed by atoms with Crippen LogP contribution in [0.4, 0.5) is 11.5 Å². The van der Waals surface area contributed by atoms with E-state index in [1.165, 1.54) is 45.2 Å². The molecule has 2 fully saturated rings. The molecule has 1 aromatic heterocycles. The van der Waals surface area contributed by atoms with Crippen molar-refractivity contribution < 1.29 is 0 Å². The van der Waals surface area contributed by atoms with Gasteiger partial charge in [0.1, 0.15) is 5.82 Å². The van der Waals surface area contributed by atoms with Gasteiger partial charge in [-0.05, 0) is 50.3 Å². The average Bonchev–Trinajstić information content (AvgIpc) is 2.46. The van der Waals surface area contributed by atoms with Crippen LogP contribution < -0.4 is 10.6 Å². The second-order valence-corrected chi connectivity index (χ2v) is 6.55. The van der Waals surface area contributed by atoms with E-state index in [0.717, 1.165) is 36.6 Å². The highest BCUT2D eigenvalue weighted by molar-refractivity contribution is 5.45. The van der Waals surface area contributed by atoms with E-state index in [1.54, 1.807) is 6.20 Å². The Morgan fingerprint density at radius 3 is 2.52 bits per heavy atom. The quantitative estimate of drug-likeness (QED) is 0.905. The van der Waals surface area contributed by atoms with Crippen LogP contribution in [0.5, 0.6) is 0 Å². The number of hydrogen-bond donors (Lipinski definition) is 1. The first kappa shape index (κ1) is 14.6. The van der Waals surface area contributed by atoms with Crippen LogP contribution >= 0.6 is 0 Å². The van der Waals surface area contributed by atoms with Crippen LogP contribution in [0.2, 0.25) is 0 Å². The molecule has 2 aliphatic rings. The standard InChI is InChI=1S/C17H28N4/c1-2-20(16-4-3-5-16)13-14-8-10-21(11-9-14)17-7-6-15(18)12-19-17/h6-7,12,14,16H,2-5,8-11,13,18H2,1H3. The SMILES string of the molecule is CCN(CC1CCN(c2ccc(N)cn2)CC1)C1CCC1. The zero-order valence-electron chi connectivity index (χ0n) is 13.2. The molecule has 0 unspecified atom stereocenters. The van der Waals surface area contributed by atoms with E-state index in [-0.39, 0.29) is 0 Å². The summed E-state index contributed by atoms with van der Waals surface area (Å²) in [5, 5.41) is 0. The van der Waals surface area contributed by atoms with Crippen molar-refractivity contribution in [2.24, 2.45) is 5.92 Å². The summed E-state index contributed by atoms with van der Waals surface area (Å²) in [6, 6.07) is 4.87. The van der Waals surface area contributed by atoms with Crippen molar-refractivity contribution in [3.05, 3.63) is 18.3 Å². The van der Waals surface area contributed by atoms with Crippen LogP contribution in [0.3, 0.4) is 0 Å². The first-order valence-electron chi connectivity index (χ1n) is 8.46. The number of piperidine rings is 1. The molecule has 116 valence electrons. The third-order valence-corrected chi connectivity index (χ3v) is 5.20. The van der Waals surface area contributed by atoms with E-state index in [1.807, 2.05) is 12.1 Å². The Labute approximate surface area is 128 Å². The topological polar surface area (TPSA) is 45.4 Å². The van der Waals surface area contributed by atoms with E-state index in [2.05, 4.69) is 21.7 Å². The smallest absolute Gasteiger partial charge is 0.128 e. The molecular weight excluding hydrogens is 260 g/mol. The van der Waals surface area contributed by atoms with Crippen molar-refractivity contribution in [3.63, 3.8) is 0 Å². The minimum Gasteiger partial charge on any atom is -0.397 e. The first-order valence-corrected chi connectivity index (χ1v) is 8.46. The molecular formula is C17H28N4. The van der Waals surface area contributed by atoms with Crippen molar-refractivity contribution in [3.8, 4) is 0 Å². The summed E-state index contributed by atoms with van der Waals surface area (Å²) in [5.74, 6) is 1.93. The Morgan fingerprint density at radius 2 is 2.00 bits per heavy atom. The van der Waals surface area contributed by atoms with E-state index in [4.69, 9.17) is 5.73 Å². The predicted octanol–water partition coefficient (Wildman–Crippen LogP) is 2.75. The average molecular weight is 288 g/mol. The number of nitrogens with zero attached hydrogens (tertiary/aromatic N) is 3. The van der Waals surface area contributed by atoms with E-state index < -0.39 is 0 Å². The maximum Gasteiger partial charge on any atom is 0.128 e. The van der Waals surface area contributed by atoms with Crippen molar-refractivity contribution in [2.45, 2.75) is 45.1 Å². The lowest BCUT2D eigenvalue weighted by atomic mass is 9.89. The summed E-state index contributed by atoms with van der Waals surface area (Å²) < 4.78 is 0. The van der Waals surface area contributed by atoms with Gasteiger partial charge < -0.3 is 15.5 Å². The lowest BCUT2D eigenvalue weighted by Crippen LogP contribution is -2.45. The Bertz CT molecular complexity index is 433. The third kappa shape index (κ3) is 3.49. The zero-order chi connectivity index (χ0) is 14.7. The summed E-state index contributed by atoms with van der Waals surface area (Å²) in [6.45, 7) is 7.08. The molecule has 0 radical (unpaired) electrons. The molecule has 1 aromatic rings. The van der Waals surface area contributed by atoms with Crippen molar-refractivity contribution in [2.75, 3.05) is 36.8 Å². The Balaban J connectivity index is 1.49. The second kappa shape index (κ2) is 6.65. The molecule has 0 spiro atoms. The molecule has 21 heavy (non-hydrogen) atoms. The predicted molar refractivity (Wildman–Crippen MR) is 88.5 cm³/mol. The highest BCUT2D eigenvalue weighted by atomic mass is 15.2. The van der Waals surface area contributed by atoms with Gasteiger partial charge in [-0.2, -0.15) is 0 Å². The second-order valence-electron chi connectivity index (χ2n) is 6.55. The first-order chi connectivity index (χ1) is 10.3. The number of anilines is 2. The van der Waals surface area contributed by atoms with E-state index in [9.17, 15) is 0 Å². The van der Waals surface area contributed by atoms with Crippen LogP contribution in [0.1, 0.15) is 39.0 Å².